The topological polar surface area (TPSA) is 74.2 Å². The third kappa shape index (κ3) is 2.33. The van der Waals surface area contributed by atoms with Crippen molar-refractivity contribution in [2.75, 3.05) is 12.8 Å². The molecule has 0 aliphatic rings. The highest BCUT2D eigenvalue weighted by atomic mass is 16.5. The summed E-state index contributed by atoms with van der Waals surface area (Å²) in [5.74, 6) is 1.00. The van der Waals surface area contributed by atoms with Gasteiger partial charge in [0.1, 0.15) is 11.4 Å². The van der Waals surface area contributed by atoms with Gasteiger partial charge in [-0.2, -0.15) is 0 Å². The normalized spacial score (nSPS) is 10.6. The lowest BCUT2D eigenvalue weighted by Crippen LogP contribution is -1.92. The number of benzene rings is 1. The highest BCUT2D eigenvalue weighted by Crippen LogP contribution is 2.40. The molecule has 106 valence electrons. The van der Waals surface area contributed by atoms with Gasteiger partial charge >= 0.3 is 0 Å². The SMILES string of the molecule is COc1ccc(C)cc1-c1noc(N)c1-c1ccncc1. The van der Waals surface area contributed by atoms with Crippen LogP contribution >= 0.6 is 0 Å². The molecular weight excluding hydrogens is 266 g/mol. The molecule has 0 aliphatic carbocycles. The lowest BCUT2D eigenvalue weighted by molar-refractivity contribution is 0.414. The van der Waals surface area contributed by atoms with Gasteiger partial charge in [0.15, 0.2) is 0 Å². The van der Waals surface area contributed by atoms with Gasteiger partial charge in [0, 0.05) is 18.0 Å². The number of nitrogens with zero attached hydrogens (tertiary/aromatic N) is 2. The van der Waals surface area contributed by atoms with Crippen molar-refractivity contribution in [2.24, 2.45) is 0 Å². The Kier molecular flexibility index (Phi) is 3.31. The van der Waals surface area contributed by atoms with E-state index < -0.39 is 0 Å². The van der Waals surface area contributed by atoms with Crippen molar-refractivity contribution in [2.45, 2.75) is 6.92 Å². The highest BCUT2D eigenvalue weighted by Gasteiger charge is 2.20. The van der Waals surface area contributed by atoms with E-state index in [2.05, 4.69) is 10.1 Å². The van der Waals surface area contributed by atoms with E-state index in [1.807, 2.05) is 37.3 Å². The van der Waals surface area contributed by atoms with E-state index in [-0.39, 0.29) is 5.88 Å². The molecule has 0 saturated heterocycles. The average molecular weight is 281 g/mol. The van der Waals surface area contributed by atoms with Crippen LogP contribution in [0.2, 0.25) is 0 Å². The molecule has 2 heterocycles. The molecule has 0 radical (unpaired) electrons. The quantitative estimate of drug-likeness (QED) is 0.797. The third-order valence-electron chi connectivity index (χ3n) is 3.30. The predicted octanol–water partition coefficient (Wildman–Crippen LogP) is 3.30. The van der Waals surface area contributed by atoms with E-state index >= 15 is 0 Å². The van der Waals surface area contributed by atoms with Gasteiger partial charge in [-0.25, -0.2) is 0 Å². The summed E-state index contributed by atoms with van der Waals surface area (Å²) in [6.45, 7) is 2.01. The van der Waals surface area contributed by atoms with Gasteiger partial charge < -0.3 is 15.0 Å². The summed E-state index contributed by atoms with van der Waals surface area (Å²) in [5, 5.41) is 4.11. The van der Waals surface area contributed by atoms with Crippen LogP contribution in [0.4, 0.5) is 5.88 Å². The maximum absolute atomic E-state index is 5.95. The number of nitrogens with two attached hydrogens (primary N) is 1. The van der Waals surface area contributed by atoms with E-state index in [0.29, 0.717) is 5.69 Å². The molecule has 0 atom stereocenters. The highest BCUT2D eigenvalue weighted by molar-refractivity contribution is 5.88. The summed E-state index contributed by atoms with van der Waals surface area (Å²) in [5.41, 5.74) is 10.2. The maximum atomic E-state index is 5.95. The number of rotatable bonds is 3. The molecule has 5 nitrogen and oxygen atoms in total. The van der Waals surface area contributed by atoms with Gasteiger partial charge in [0.25, 0.3) is 0 Å². The second-order valence-corrected chi connectivity index (χ2v) is 4.71. The average Bonchev–Trinajstić information content (AvgIpc) is 2.89. The van der Waals surface area contributed by atoms with Crippen LogP contribution in [-0.2, 0) is 0 Å². The number of pyridine rings is 1. The number of nitrogen functional groups attached to an aromatic ring is 1. The number of hydrogen-bond donors (Lipinski definition) is 1. The molecule has 21 heavy (non-hydrogen) atoms. The van der Waals surface area contributed by atoms with E-state index in [0.717, 1.165) is 28.0 Å². The van der Waals surface area contributed by atoms with Crippen LogP contribution < -0.4 is 10.5 Å². The van der Waals surface area contributed by atoms with E-state index in [4.69, 9.17) is 15.0 Å². The number of hydrogen-bond acceptors (Lipinski definition) is 5. The Morgan fingerprint density at radius 2 is 1.90 bits per heavy atom. The first-order valence-corrected chi connectivity index (χ1v) is 6.51. The van der Waals surface area contributed by atoms with E-state index in [9.17, 15) is 0 Å². The second-order valence-electron chi connectivity index (χ2n) is 4.71. The molecule has 0 bridgehead atoms. The maximum Gasteiger partial charge on any atom is 0.230 e. The smallest absolute Gasteiger partial charge is 0.230 e. The zero-order valence-electron chi connectivity index (χ0n) is 11.8. The molecule has 0 saturated carbocycles. The number of anilines is 1. The second kappa shape index (κ2) is 5.28. The van der Waals surface area contributed by atoms with Gasteiger partial charge in [-0.3, -0.25) is 4.98 Å². The molecule has 3 rings (SSSR count). The Morgan fingerprint density at radius 3 is 2.62 bits per heavy atom. The molecule has 5 heteroatoms. The summed E-state index contributed by atoms with van der Waals surface area (Å²) in [4.78, 5) is 4.02. The summed E-state index contributed by atoms with van der Waals surface area (Å²) < 4.78 is 10.6. The Labute approximate surface area is 122 Å². The van der Waals surface area contributed by atoms with Crippen LogP contribution in [0.3, 0.4) is 0 Å². The molecule has 1 aromatic carbocycles. The molecule has 2 aromatic heterocycles. The minimum atomic E-state index is 0.278. The first-order valence-electron chi connectivity index (χ1n) is 6.51. The van der Waals surface area contributed by atoms with Gasteiger partial charge in [-0.05, 0) is 36.8 Å². The van der Waals surface area contributed by atoms with E-state index in [1.54, 1.807) is 19.5 Å². The number of methoxy groups -OCH3 is 1. The summed E-state index contributed by atoms with van der Waals surface area (Å²) in [7, 11) is 1.63. The Balaban J connectivity index is 2.24. The van der Waals surface area contributed by atoms with Gasteiger partial charge in [0.05, 0.1) is 12.7 Å². The fourth-order valence-corrected chi connectivity index (χ4v) is 2.29. The Bertz CT molecular complexity index is 766. The summed E-state index contributed by atoms with van der Waals surface area (Å²) in [6.07, 6.45) is 3.41. The molecule has 0 unspecified atom stereocenters. The standard InChI is InChI=1S/C16H15N3O2/c1-10-3-4-13(20-2)12(9-10)15-14(16(17)21-19-15)11-5-7-18-8-6-11/h3-9H,17H2,1-2H3. The minimum Gasteiger partial charge on any atom is -0.496 e. The van der Waals surface area contributed by atoms with Crippen LogP contribution in [0.5, 0.6) is 5.75 Å². The van der Waals surface area contributed by atoms with Crippen molar-refractivity contribution in [1.29, 1.82) is 0 Å². The van der Waals surface area contributed by atoms with Crippen molar-refractivity contribution < 1.29 is 9.26 Å². The molecule has 0 fully saturated rings. The first kappa shape index (κ1) is 13.2. The molecule has 0 amide bonds. The largest absolute Gasteiger partial charge is 0.496 e. The zero-order chi connectivity index (χ0) is 14.8. The monoisotopic (exact) mass is 281 g/mol. The fourth-order valence-electron chi connectivity index (χ4n) is 2.29. The number of ether oxygens (including phenoxy) is 1. The van der Waals surface area contributed by atoms with Gasteiger partial charge in [0.2, 0.25) is 5.88 Å². The van der Waals surface area contributed by atoms with Crippen molar-refractivity contribution >= 4 is 5.88 Å². The molecular formula is C16H15N3O2. The molecule has 2 N–H and O–H groups in total. The zero-order valence-corrected chi connectivity index (χ0v) is 11.8. The van der Waals surface area contributed by atoms with Gasteiger partial charge in [-0.1, -0.05) is 16.8 Å². The first-order chi connectivity index (χ1) is 10.2. The van der Waals surface area contributed by atoms with Crippen molar-refractivity contribution in [3.8, 4) is 28.1 Å². The summed E-state index contributed by atoms with van der Waals surface area (Å²) in [6, 6.07) is 9.63. The Hall–Kier alpha value is -2.82. The number of aromatic nitrogens is 2. The van der Waals surface area contributed by atoms with Crippen molar-refractivity contribution in [1.82, 2.24) is 10.1 Å². The predicted molar refractivity (Wildman–Crippen MR) is 80.9 cm³/mol. The van der Waals surface area contributed by atoms with Crippen LogP contribution in [-0.4, -0.2) is 17.3 Å². The lowest BCUT2D eigenvalue weighted by Gasteiger charge is -2.09. The fraction of sp³-hybridized carbons (Fsp3) is 0.125. The Morgan fingerprint density at radius 1 is 1.14 bits per heavy atom. The molecule has 0 aliphatic heterocycles. The van der Waals surface area contributed by atoms with E-state index in [1.165, 1.54) is 0 Å². The van der Waals surface area contributed by atoms with Crippen molar-refractivity contribution in [3.05, 3.63) is 48.3 Å². The molecule has 0 spiro atoms. The third-order valence-corrected chi connectivity index (χ3v) is 3.30. The molecule has 3 aromatic rings. The van der Waals surface area contributed by atoms with Crippen molar-refractivity contribution in [3.63, 3.8) is 0 Å². The van der Waals surface area contributed by atoms with Crippen LogP contribution in [0.1, 0.15) is 5.56 Å². The summed E-state index contributed by atoms with van der Waals surface area (Å²) >= 11 is 0. The van der Waals surface area contributed by atoms with Crippen LogP contribution in [0.15, 0.2) is 47.2 Å². The lowest BCUT2D eigenvalue weighted by atomic mass is 10.00. The number of aryl methyl sites for hydroxylation is 1. The van der Waals surface area contributed by atoms with Crippen LogP contribution in [0.25, 0.3) is 22.4 Å². The van der Waals surface area contributed by atoms with Crippen LogP contribution in [0, 0.1) is 6.92 Å². The minimum absolute atomic E-state index is 0.278. The van der Waals surface area contributed by atoms with Gasteiger partial charge in [-0.15, -0.1) is 0 Å².